The summed E-state index contributed by atoms with van der Waals surface area (Å²) < 4.78 is 45.0. The normalized spacial score (nSPS) is 26.9. The number of halogens is 5. The van der Waals surface area contributed by atoms with Crippen molar-refractivity contribution in [3.05, 3.63) is 98.2 Å². The average Bonchev–Trinajstić information content (AvgIpc) is 3.48. The van der Waals surface area contributed by atoms with Crippen LogP contribution in [0.4, 0.5) is 23.8 Å². The zero-order valence-corrected chi connectivity index (χ0v) is 29.1. The number of aryl methyl sites for hydroxylation is 2. The van der Waals surface area contributed by atoms with E-state index in [0.717, 1.165) is 7.11 Å². The first kappa shape index (κ1) is 35.5. The highest BCUT2D eigenvalue weighted by molar-refractivity contribution is 6.33. The van der Waals surface area contributed by atoms with E-state index in [-0.39, 0.29) is 18.6 Å². The van der Waals surface area contributed by atoms with Gasteiger partial charge in [0.2, 0.25) is 11.8 Å². The fourth-order valence-corrected chi connectivity index (χ4v) is 8.92. The first-order valence-electron chi connectivity index (χ1n) is 16.1. The quantitative estimate of drug-likeness (QED) is 0.226. The van der Waals surface area contributed by atoms with E-state index in [9.17, 15) is 37.5 Å². The standard InChI is InChI=1S/C36H29Cl2F3N4O7/c1-15-10-17(11-16(2)28(15)46)27-21-8-9-22-26(32(49)44(30(22)47)34(51)52-3)23(21)13-24-31(48)45(33(50)35(24,27)18-4-6-20(37)7-5-18)43-29-25(38)12-19(14-42-29)36(39,40)41/h4-8,10-12,14,22-24,26-27,46H,9,13H2,1-3H3,(H,42,43)/t22-,23+,24-,26-,27-,35+/m0/s1. The van der Waals surface area contributed by atoms with Crippen LogP contribution in [0.25, 0.3) is 0 Å². The number of imide groups is 4. The van der Waals surface area contributed by atoms with E-state index in [0.29, 0.717) is 55.0 Å². The summed E-state index contributed by atoms with van der Waals surface area (Å²) >= 11 is 12.5. The fraction of sp³-hybridized carbons (Fsp3) is 0.333. The number of alkyl halides is 3. The Bertz CT molecular complexity index is 2100. The minimum atomic E-state index is -4.76. The maximum atomic E-state index is 15.2. The highest BCUT2D eigenvalue weighted by atomic mass is 35.5. The van der Waals surface area contributed by atoms with Gasteiger partial charge >= 0.3 is 12.3 Å². The number of hydrazine groups is 1. The van der Waals surface area contributed by atoms with Crippen LogP contribution in [0, 0.1) is 37.5 Å². The lowest BCUT2D eigenvalue weighted by atomic mass is 9.49. The van der Waals surface area contributed by atoms with E-state index >= 15 is 4.79 Å². The number of anilines is 1. The van der Waals surface area contributed by atoms with Gasteiger partial charge in [-0.3, -0.25) is 24.6 Å². The van der Waals surface area contributed by atoms with Crippen LogP contribution in [0.1, 0.15) is 46.6 Å². The molecule has 0 bridgehead atoms. The number of hydrogen-bond donors (Lipinski definition) is 2. The number of phenols is 1. The van der Waals surface area contributed by atoms with E-state index in [1.165, 1.54) is 0 Å². The molecule has 16 heteroatoms. The van der Waals surface area contributed by atoms with Gasteiger partial charge in [0, 0.05) is 17.1 Å². The Morgan fingerprint density at radius 1 is 1.00 bits per heavy atom. The Labute approximate surface area is 304 Å². The zero-order chi connectivity index (χ0) is 37.6. The van der Waals surface area contributed by atoms with Crippen molar-refractivity contribution in [3.63, 3.8) is 0 Å². The smallest absolute Gasteiger partial charge is 0.423 e. The molecule has 3 aromatic rings. The fourth-order valence-electron chi connectivity index (χ4n) is 8.59. The van der Waals surface area contributed by atoms with Crippen molar-refractivity contribution < 1.29 is 47.0 Å². The SMILES string of the molecule is COC(=O)N1C(=O)[C@H]2[C@H](CC=C3[C@H]2C[C@H]2C(=O)N(Nc4ncc(C(F)(F)F)cc4Cl)C(=O)[C@@]2(c2ccc(Cl)cc2)[C@H]3c2cc(C)c(O)c(C)c2)C1=O. The molecule has 0 spiro atoms. The van der Waals surface area contributed by atoms with Crippen LogP contribution in [-0.2, 0) is 35.5 Å². The van der Waals surface area contributed by atoms with E-state index in [1.807, 2.05) is 0 Å². The molecule has 1 aromatic heterocycles. The molecule has 0 unspecified atom stereocenters. The molecule has 4 aliphatic rings. The predicted molar refractivity (Wildman–Crippen MR) is 179 cm³/mol. The summed E-state index contributed by atoms with van der Waals surface area (Å²) in [4.78, 5) is 74.1. The van der Waals surface area contributed by atoms with Crippen LogP contribution in [0.5, 0.6) is 5.75 Å². The molecule has 5 amide bonds. The number of nitrogens with zero attached hydrogens (tertiary/aromatic N) is 3. The van der Waals surface area contributed by atoms with Crippen molar-refractivity contribution in [2.75, 3.05) is 12.5 Å². The molecule has 2 aliphatic carbocycles. The van der Waals surface area contributed by atoms with Crippen LogP contribution in [0.2, 0.25) is 10.0 Å². The number of fused-ring (bicyclic) bond motifs is 4. The number of hydrogen-bond acceptors (Lipinski definition) is 9. The molecule has 2 N–H and O–H groups in total. The van der Waals surface area contributed by atoms with Gasteiger partial charge in [0.15, 0.2) is 5.82 Å². The number of aromatic hydroxyl groups is 1. The largest absolute Gasteiger partial charge is 0.507 e. The van der Waals surface area contributed by atoms with Crippen molar-refractivity contribution in [1.29, 1.82) is 0 Å². The molecule has 11 nitrogen and oxygen atoms in total. The third-order valence-electron chi connectivity index (χ3n) is 10.8. The molecule has 2 aromatic carbocycles. The Morgan fingerprint density at radius 2 is 1.65 bits per heavy atom. The molecule has 0 radical (unpaired) electrons. The number of likely N-dealkylation sites (tertiary alicyclic amines) is 1. The van der Waals surface area contributed by atoms with Gasteiger partial charge in [-0.2, -0.15) is 23.1 Å². The van der Waals surface area contributed by atoms with Gasteiger partial charge in [-0.15, -0.1) is 0 Å². The highest BCUT2D eigenvalue weighted by Gasteiger charge is 2.70. The van der Waals surface area contributed by atoms with Crippen LogP contribution in [-0.4, -0.2) is 56.8 Å². The summed E-state index contributed by atoms with van der Waals surface area (Å²) in [5.74, 6) is -8.56. The second-order valence-corrected chi connectivity index (χ2v) is 14.2. The van der Waals surface area contributed by atoms with E-state index < -0.39 is 87.3 Å². The maximum Gasteiger partial charge on any atom is 0.423 e. The number of amides is 5. The number of aromatic nitrogens is 1. The third-order valence-corrected chi connectivity index (χ3v) is 11.3. The van der Waals surface area contributed by atoms with Crippen LogP contribution in [0.3, 0.4) is 0 Å². The van der Waals surface area contributed by atoms with Crippen LogP contribution in [0.15, 0.2) is 60.3 Å². The third kappa shape index (κ3) is 5.09. The van der Waals surface area contributed by atoms with E-state index in [1.54, 1.807) is 56.3 Å². The molecule has 270 valence electrons. The number of carbonyl (C=O) groups is 5. The van der Waals surface area contributed by atoms with Crippen molar-refractivity contribution in [3.8, 4) is 5.75 Å². The minimum Gasteiger partial charge on any atom is -0.507 e. The van der Waals surface area contributed by atoms with Crippen molar-refractivity contribution in [2.45, 2.75) is 44.2 Å². The number of methoxy groups -OCH3 is 1. The Kier molecular flexibility index (Phi) is 8.41. The van der Waals surface area contributed by atoms with E-state index in [2.05, 4.69) is 10.4 Å². The summed E-state index contributed by atoms with van der Waals surface area (Å²) in [6.45, 7) is 3.34. The number of allylic oxidation sites excluding steroid dienone is 2. The molecule has 6 atom stereocenters. The molecular formula is C36H29Cl2F3N4O7. The zero-order valence-electron chi connectivity index (χ0n) is 27.6. The lowest BCUT2D eigenvalue weighted by Gasteiger charge is -2.50. The van der Waals surface area contributed by atoms with Gasteiger partial charge in [0.05, 0.1) is 40.9 Å². The predicted octanol–water partition coefficient (Wildman–Crippen LogP) is 6.48. The number of pyridine rings is 1. The Balaban J connectivity index is 1.45. The average molecular weight is 758 g/mol. The number of ether oxygens (including phenoxy) is 1. The Morgan fingerprint density at radius 3 is 2.25 bits per heavy atom. The highest BCUT2D eigenvalue weighted by Crippen LogP contribution is 2.64. The van der Waals surface area contributed by atoms with Crippen LogP contribution < -0.4 is 5.43 Å². The second-order valence-electron chi connectivity index (χ2n) is 13.4. The van der Waals surface area contributed by atoms with Crippen molar-refractivity contribution >= 4 is 58.7 Å². The summed E-state index contributed by atoms with van der Waals surface area (Å²) in [5.41, 5.74) is 2.05. The van der Waals surface area contributed by atoms with Gasteiger partial charge in [-0.1, -0.05) is 59.1 Å². The summed E-state index contributed by atoms with van der Waals surface area (Å²) in [7, 11) is 1.04. The molecule has 3 fully saturated rings. The number of nitrogens with one attached hydrogen (secondary N) is 1. The first-order valence-corrected chi connectivity index (χ1v) is 16.9. The van der Waals surface area contributed by atoms with Crippen LogP contribution >= 0.6 is 23.2 Å². The molecule has 3 heterocycles. The van der Waals surface area contributed by atoms with Gasteiger partial charge in [-0.25, -0.2) is 9.78 Å². The molecule has 52 heavy (non-hydrogen) atoms. The number of phenolic OH excluding ortho intramolecular Hbond substituents is 1. The molecule has 1 saturated carbocycles. The van der Waals surface area contributed by atoms with E-state index in [4.69, 9.17) is 27.9 Å². The lowest BCUT2D eigenvalue weighted by molar-refractivity contribution is -0.140. The summed E-state index contributed by atoms with van der Waals surface area (Å²) in [5, 5.41) is 11.3. The minimum absolute atomic E-state index is 0.0105. The molecular weight excluding hydrogens is 728 g/mol. The number of rotatable bonds is 4. The molecule has 7 rings (SSSR count). The van der Waals surface area contributed by atoms with Gasteiger partial charge in [0.1, 0.15) is 5.75 Å². The van der Waals surface area contributed by atoms with Crippen molar-refractivity contribution in [2.24, 2.45) is 23.7 Å². The Hall–Kier alpha value is -4.95. The molecule has 2 aliphatic heterocycles. The second kappa shape index (κ2) is 12.3. The summed E-state index contributed by atoms with van der Waals surface area (Å²) in [6, 6.07) is 10.3. The molecule has 2 saturated heterocycles. The monoisotopic (exact) mass is 756 g/mol. The number of carbonyl (C=O) groups excluding carboxylic acids is 5. The maximum absolute atomic E-state index is 15.2. The van der Waals surface area contributed by atoms with Gasteiger partial charge in [-0.05, 0) is 73.1 Å². The van der Waals surface area contributed by atoms with Gasteiger partial charge < -0.3 is 9.84 Å². The summed E-state index contributed by atoms with van der Waals surface area (Å²) in [6.07, 6.45) is -3.70. The van der Waals surface area contributed by atoms with Crippen molar-refractivity contribution in [1.82, 2.24) is 14.9 Å². The lowest BCUT2D eigenvalue weighted by Crippen LogP contribution is -2.53. The van der Waals surface area contributed by atoms with Gasteiger partial charge in [0.25, 0.3) is 11.8 Å². The number of benzene rings is 2. The topological polar surface area (TPSA) is 146 Å². The first-order chi connectivity index (χ1) is 24.5.